The Morgan fingerprint density at radius 3 is 2.91 bits per heavy atom. The molecule has 1 amide bonds. The number of hydrogen-bond acceptors (Lipinski definition) is 3. The van der Waals surface area contributed by atoms with Gasteiger partial charge in [0, 0.05) is 23.2 Å². The van der Waals surface area contributed by atoms with Crippen LogP contribution >= 0.6 is 11.6 Å². The lowest BCUT2D eigenvalue weighted by Gasteiger charge is -2.08. The second-order valence-electron chi connectivity index (χ2n) is 5.00. The SMILES string of the molecule is CCc1nc2c(NC(=O)Cc3c(F)cccc3Cl)cccn2n1. The van der Waals surface area contributed by atoms with Crippen molar-refractivity contribution in [3.63, 3.8) is 0 Å². The molecule has 5 nitrogen and oxygen atoms in total. The van der Waals surface area contributed by atoms with Crippen LogP contribution in [0, 0.1) is 5.82 Å². The molecule has 1 aromatic carbocycles. The fourth-order valence-corrected chi connectivity index (χ4v) is 2.48. The number of carbonyl (C=O) groups excluding carboxylic acids is 1. The number of fused-ring (bicyclic) bond motifs is 1. The van der Waals surface area contributed by atoms with Gasteiger partial charge in [-0.2, -0.15) is 5.10 Å². The van der Waals surface area contributed by atoms with Gasteiger partial charge in [0.25, 0.3) is 0 Å². The van der Waals surface area contributed by atoms with Gasteiger partial charge >= 0.3 is 0 Å². The van der Waals surface area contributed by atoms with Crippen LogP contribution in [0.2, 0.25) is 5.02 Å². The fraction of sp³-hybridized carbons (Fsp3) is 0.188. The number of rotatable bonds is 4. The maximum Gasteiger partial charge on any atom is 0.229 e. The molecule has 0 aliphatic rings. The zero-order chi connectivity index (χ0) is 16.4. The van der Waals surface area contributed by atoms with Gasteiger partial charge in [-0.05, 0) is 24.3 Å². The van der Waals surface area contributed by atoms with Gasteiger partial charge in [0.15, 0.2) is 11.5 Å². The van der Waals surface area contributed by atoms with Crippen molar-refractivity contribution in [2.45, 2.75) is 19.8 Å². The fourth-order valence-electron chi connectivity index (χ4n) is 2.25. The van der Waals surface area contributed by atoms with Crippen LogP contribution in [0.4, 0.5) is 10.1 Å². The van der Waals surface area contributed by atoms with E-state index in [1.54, 1.807) is 28.9 Å². The van der Waals surface area contributed by atoms with Gasteiger partial charge in [0.05, 0.1) is 12.1 Å². The van der Waals surface area contributed by atoms with E-state index in [0.717, 1.165) is 0 Å². The van der Waals surface area contributed by atoms with Crippen LogP contribution in [-0.2, 0) is 17.6 Å². The summed E-state index contributed by atoms with van der Waals surface area (Å²) in [5.41, 5.74) is 1.25. The summed E-state index contributed by atoms with van der Waals surface area (Å²) >= 11 is 5.95. The van der Waals surface area contributed by atoms with E-state index < -0.39 is 5.82 Å². The topological polar surface area (TPSA) is 59.3 Å². The van der Waals surface area contributed by atoms with Crippen molar-refractivity contribution in [1.29, 1.82) is 0 Å². The minimum Gasteiger partial charge on any atom is -0.323 e. The van der Waals surface area contributed by atoms with E-state index in [1.165, 1.54) is 12.1 Å². The Hall–Kier alpha value is -2.47. The Balaban J connectivity index is 1.84. The summed E-state index contributed by atoms with van der Waals surface area (Å²) in [6.45, 7) is 1.95. The van der Waals surface area contributed by atoms with Crippen molar-refractivity contribution in [3.8, 4) is 0 Å². The Morgan fingerprint density at radius 2 is 2.17 bits per heavy atom. The predicted molar refractivity (Wildman–Crippen MR) is 86.1 cm³/mol. The number of aromatic nitrogens is 3. The van der Waals surface area contributed by atoms with Crippen LogP contribution in [0.15, 0.2) is 36.5 Å². The highest BCUT2D eigenvalue weighted by atomic mass is 35.5. The smallest absolute Gasteiger partial charge is 0.229 e. The molecule has 0 spiro atoms. The standard InChI is InChI=1S/C16H14ClFN4O/c1-2-14-20-16-13(7-4-8-22(16)21-14)19-15(23)9-10-11(17)5-3-6-12(10)18/h3-8H,2,9H2,1H3,(H,19,23). The normalized spacial score (nSPS) is 10.9. The maximum atomic E-state index is 13.8. The van der Waals surface area contributed by atoms with Crippen molar-refractivity contribution in [1.82, 2.24) is 14.6 Å². The van der Waals surface area contributed by atoms with Gasteiger partial charge < -0.3 is 5.32 Å². The largest absolute Gasteiger partial charge is 0.323 e. The van der Waals surface area contributed by atoms with Crippen molar-refractivity contribution in [2.75, 3.05) is 5.32 Å². The Labute approximate surface area is 137 Å². The Kier molecular flexibility index (Phi) is 4.25. The van der Waals surface area contributed by atoms with Crippen LogP contribution in [0.5, 0.6) is 0 Å². The van der Waals surface area contributed by atoms with Crippen LogP contribution in [-0.4, -0.2) is 20.5 Å². The third-order valence-electron chi connectivity index (χ3n) is 3.40. The molecule has 0 fully saturated rings. The Morgan fingerprint density at radius 1 is 1.35 bits per heavy atom. The molecule has 3 rings (SSSR count). The van der Waals surface area contributed by atoms with Gasteiger partial charge in [-0.1, -0.05) is 24.6 Å². The molecular weight excluding hydrogens is 319 g/mol. The second kappa shape index (κ2) is 6.34. The number of benzene rings is 1. The van der Waals surface area contributed by atoms with Gasteiger partial charge in [0.1, 0.15) is 5.82 Å². The number of hydrogen-bond donors (Lipinski definition) is 1. The number of pyridine rings is 1. The Bertz CT molecular complexity index is 857. The summed E-state index contributed by atoms with van der Waals surface area (Å²) < 4.78 is 15.4. The summed E-state index contributed by atoms with van der Waals surface area (Å²) in [6.07, 6.45) is 2.30. The number of nitrogens with one attached hydrogen (secondary N) is 1. The minimum absolute atomic E-state index is 0.151. The molecule has 0 aliphatic heterocycles. The average Bonchev–Trinajstić information content (AvgIpc) is 2.95. The van der Waals surface area contributed by atoms with E-state index >= 15 is 0 Å². The summed E-state index contributed by atoms with van der Waals surface area (Å²) in [5.74, 6) is -0.184. The summed E-state index contributed by atoms with van der Waals surface area (Å²) in [6, 6.07) is 7.82. The molecule has 0 radical (unpaired) electrons. The molecule has 0 saturated carbocycles. The van der Waals surface area contributed by atoms with Gasteiger partial charge in [0.2, 0.25) is 5.91 Å². The first-order valence-corrected chi connectivity index (χ1v) is 7.53. The molecule has 23 heavy (non-hydrogen) atoms. The summed E-state index contributed by atoms with van der Waals surface area (Å²) in [7, 11) is 0. The summed E-state index contributed by atoms with van der Waals surface area (Å²) in [5, 5.41) is 7.25. The predicted octanol–water partition coefficient (Wildman–Crippen LogP) is 3.27. The van der Waals surface area contributed by atoms with Crippen molar-refractivity contribution in [3.05, 3.63) is 58.8 Å². The molecule has 2 heterocycles. The second-order valence-corrected chi connectivity index (χ2v) is 5.40. The highest BCUT2D eigenvalue weighted by molar-refractivity contribution is 6.31. The monoisotopic (exact) mass is 332 g/mol. The molecular formula is C16H14ClFN4O. The average molecular weight is 333 g/mol. The number of aryl methyl sites for hydroxylation is 1. The molecule has 118 valence electrons. The van der Waals surface area contributed by atoms with Crippen LogP contribution in [0.25, 0.3) is 5.65 Å². The molecule has 1 N–H and O–H groups in total. The number of nitrogens with zero attached hydrogens (tertiary/aromatic N) is 3. The summed E-state index contributed by atoms with van der Waals surface area (Å²) in [4.78, 5) is 16.6. The van der Waals surface area contributed by atoms with Crippen LogP contribution in [0.3, 0.4) is 0 Å². The number of halogens is 2. The van der Waals surface area contributed by atoms with E-state index in [1.807, 2.05) is 6.92 Å². The molecule has 3 aromatic rings. The number of amides is 1. The van der Waals surface area contributed by atoms with E-state index in [-0.39, 0.29) is 22.9 Å². The number of carbonyl (C=O) groups is 1. The van der Waals surface area contributed by atoms with Gasteiger partial charge in [-0.3, -0.25) is 4.79 Å². The van der Waals surface area contributed by atoms with E-state index in [4.69, 9.17) is 11.6 Å². The first-order chi connectivity index (χ1) is 11.1. The lowest BCUT2D eigenvalue weighted by Crippen LogP contribution is -2.16. The first kappa shape index (κ1) is 15.4. The quantitative estimate of drug-likeness (QED) is 0.797. The van der Waals surface area contributed by atoms with Crippen molar-refractivity contribution < 1.29 is 9.18 Å². The molecule has 0 unspecified atom stereocenters. The third kappa shape index (κ3) is 3.17. The molecule has 0 saturated heterocycles. The zero-order valence-electron chi connectivity index (χ0n) is 12.4. The van der Waals surface area contributed by atoms with E-state index in [2.05, 4.69) is 15.4 Å². The highest BCUT2D eigenvalue weighted by Crippen LogP contribution is 2.21. The number of anilines is 1. The lowest BCUT2D eigenvalue weighted by molar-refractivity contribution is -0.115. The lowest BCUT2D eigenvalue weighted by atomic mass is 10.1. The van der Waals surface area contributed by atoms with E-state index in [9.17, 15) is 9.18 Å². The van der Waals surface area contributed by atoms with Crippen molar-refractivity contribution >= 4 is 28.8 Å². The van der Waals surface area contributed by atoms with Crippen LogP contribution in [0.1, 0.15) is 18.3 Å². The zero-order valence-corrected chi connectivity index (χ0v) is 13.1. The van der Waals surface area contributed by atoms with Crippen LogP contribution < -0.4 is 5.32 Å². The maximum absolute atomic E-state index is 13.8. The molecule has 2 aromatic heterocycles. The molecule has 0 atom stereocenters. The third-order valence-corrected chi connectivity index (χ3v) is 3.75. The van der Waals surface area contributed by atoms with Gasteiger partial charge in [-0.15, -0.1) is 0 Å². The highest BCUT2D eigenvalue weighted by Gasteiger charge is 2.14. The molecule has 0 aliphatic carbocycles. The molecule has 0 bridgehead atoms. The van der Waals surface area contributed by atoms with E-state index in [0.29, 0.717) is 23.6 Å². The van der Waals surface area contributed by atoms with Crippen molar-refractivity contribution in [2.24, 2.45) is 0 Å². The first-order valence-electron chi connectivity index (χ1n) is 7.15. The minimum atomic E-state index is -0.499. The molecule has 7 heteroatoms. The van der Waals surface area contributed by atoms with Gasteiger partial charge in [-0.25, -0.2) is 13.9 Å².